The predicted octanol–water partition coefficient (Wildman–Crippen LogP) is 3.63. The maximum absolute atomic E-state index is 12.4. The molecule has 144 valence electrons. The highest BCUT2D eigenvalue weighted by molar-refractivity contribution is 6.03. The third-order valence-corrected chi connectivity index (χ3v) is 4.71. The fourth-order valence-electron chi connectivity index (χ4n) is 3.16. The van der Waals surface area contributed by atoms with E-state index in [1.807, 2.05) is 42.5 Å². The lowest BCUT2D eigenvalue weighted by Gasteiger charge is -2.24. The number of piperidine rings is 1. The van der Waals surface area contributed by atoms with Gasteiger partial charge in [0.1, 0.15) is 12.4 Å². The number of nitrogens with zero attached hydrogens (tertiary/aromatic N) is 3. The van der Waals surface area contributed by atoms with E-state index in [1.54, 1.807) is 12.1 Å². The predicted molar refractivity (Wildman–Crippen MR) is 108 cm³/mol. The molecule has 2 aromatic carbocycles. The molecule has 4 rings (SSSR count). The zero-order valence-electron chi connectivity index (χ0n) is 15.6. The van der Waals surface area contributed by atoms with Crippen LogP contribution in [0, 0.1) is 0 Å². The number of hydrogen-bond donors (Lipinski definition) is 2. The number of rotatable bonds is 6. The molecule has 1 amide bonds. The number of ether oxygens (including phenoxy) is 1. The number of carbonyl (C=O) groups is 1. The lowest BCUT2D eigenvalue weighted by Crippen LogP contribution is -2.30. The van der Waals surface area contributed by atoms with Gasteiger partial charge in [0.25, 0.3) is 5.91 Å². The zero-order chi connectivity index (χ0) is 19.2. The van der Waals surface area contributed by atoms with Crippen molar-refractivity contribution in [1.82, 2.24) is 15.2 Å². The molecule has 0 spiro atoms. The molecule has 0 radical (unpaired) electrons. The lowest BCUT2D eigenvalue weighted by atomic mass is 10.1. The van der Waals surface area contributed by atoms with E-state index in [2.05, 4.69) is 25.4 Å². The van der Waals surface area contributed by atoms with Gasteiger partial charge in [-0.15, -0.1) is 5.10 Å². The summed E-state index contributed by atoms with van der Waals surface area (Å²) in [5.41, 5.74) is 1.55. The second-order valence-electron chi connectivity index (χ2n) is 6.78. The summed E-state index contributed by atoms with van der Waals surface area (Å²) in [6.45, 7) is 2.36. The summed E-state index contributed by atoms with van der Waals surface area (Å²) in [6.07, 6.45) is 3.55. The summed E-state index contributed by atoms with van der Waals surface area (Å²) in [4.78, 5) is 19.0. The molecule has 0 atom stereocenters. The topological polar surface area (TPSA) is 83.1 Å². The maximum Gasteiger partial charge on any atom is 0.258 e. The highest BCUT2D eigenvalue weighted by Crippen LogP contribution is 2.17. The van der Waals surface area contributed by atoms with Crippen LogP contribution in [-0.2, 0) is 6.61 Å². The summed E-state index contributed by atoms with van der Waals surface area (Å²) in [7, 11) is 0. The molecule has 1 aliphatic rings. The van der Waals surface area contributed by atoms with Gasteiger partial charge in [-0.25, -0.2) is 5.10 Å². The van der Waals surface area contributed by atoms with Crippen LogP contribution in [0.4, 0.5) is 11.9 Å². The number of para-hydroxylation sites is 1. The van der Waals surface area contributed by atoms with Crippen molar-refractivity contribution >= 4 is 17.8 Å². The van der Waals surface area contributed by atoms with Gasteiger partial charge < -0.3 is 9.64 Å². The average Bonchev–Trinajstić information content (AvgIpc) is 3.22. The van der Waals surface area contributed by atoms with Gasteiger partial charge in [-0.2, -0.15) is 4.98 Å². The Balaban J connectivity index is 1.32. The Bertz CT molecular complexity index is 902. The maximum atomic E-state index is 12.4. The summed E-state index contributed by atoms with van der Waals surface area (Å²) < 4.78 is 5.72. The first kappa shape index (κ1) is 18.0. The quantitative estimate of drug-likeness (QED) is 0.685. The van der Waals surface area contributed by atoms with E-state index in [-0.39, 0.29) is 5.91 Å². The molecule has 28 heavy (non-hydrogen) atoms. The molecule has 0 unspecified atom stereocenters. The minimum absolute atomic E-state index is 0.225. The van der Waals surface area contributed by atoms with Crippen LogP contribution < -0.4 is 15.0 Å². The van der Waals surface area contributed by atoms with Crippen molar-refractivity contribution in [1.29, 1.82) is 0 Å². The SMILES string of the molecule is O=C(Nc1nc(N2CCCCC2)n[nH]1)c1ccc(COc2ccccc2)cc1. The van der Waals surface area contributed by atoms with E-state index in [4.69, 9.17) is 4.74 Å². The summed E-state index contributed by atoms with van der Waals surface area (Å²) in [6, 6.07) is 17.0. The lowest BCUT2D eigenvalue weighted by molar-refractivity contribution is 0.102. The van der Waals surface area contributed by atoms with E-state index in [9.17, 15) is 4.79 Å². The number of H-pyrrole nitrogens is 1. The van der Waals surface area contributed by atoms with E-state index < -0.39 is 0 Å². The van der Waals surface area contributed by atoms with Crippen LogP contribution in [0.25, 0.3) is 0 Å². The monoisotopic (exact) mass is 377 g/mol. The van der Waals surface area contributed by atoms with Gasteiger partial charge in [0, 0.05) is 18.7 Å². The summed E-state index contributed by atoms with van der Waals surface area (Å²) >= 11 is 0. The molecule has 1 fully saturated rings. The Labute approximate surface area is 163 Å². The number of carbonyl (C=O) groups excluding carboxylic acids is 1. The first-order chi connectivity index (χ1) is 13.8. The number of aromatic amines is 1. The van der Waals surface area contributed by atoms with Crippen LogP contribution in [0.3, 0.4) is 0 Å². The number of amides is 1. The van der Waals surface area contributed by atoms with Crippen LogP contribution in [0.2, 0.25) is 0 Å². The zero-order valence-corrected chi connectivity index (χ0v) is 15.6. The molecule has 1 aliphatic heterocycles. The third kappa shape index (κ3) is 4.49. The van der Waals surface area contributed by atoms with Gasteiger partial charge in [-0.3, -0.25) is 10.1 Å². The van der Waals surface area contributed by atoms with Crippen LogP contribution >= 0.6 is 0 Å². The second-order valence-corrected chi connectivity index (χ2v) is 6.78. The number of aromatic nitrogens is 3. The van der Waals surface area contributed by atoms with Crippen molar-refractivity contribution in [3.8, 4) is 5.75 Å². The highest BCUT2D eigenvalue weighted by Gasteiger charge is 2.16. The first-order valence-electron chi connectivity index (χ1n) is 9.53. The third-order valence-electron chi connectivity index (χ3n) is 4.71. The molecule has 2 heterocycles. The van der Waals surface area contributed by atoms with Crippen molar-refractivity contribution in [2.45, 2.75) is 25.9 Å². The van der Waals surface area contributed by atoms with Crippen molar-refractivity contribution in [3.05, 3.63) is 65.7 Å². The van der Waals surface area contributed by atoms with Gasteiger partial charge in [-0.05, 0) is 49.1 Å². The Morgan fingerprint density at radius 1 is 1.04 bits per heavy atom. The Kier molecular flexibility index (Phi) is 5.51. The first-order valence-corrected chi connectivity index (χ1v) is 9.53. The molecule has 0 bridgehead atoms. The van der Waals surface area contributed by atoms with Crippen molar-refractivity contribution in [2.24, 2.45) is 0 Å². The molecule has 7 nitrogen and oxygen atoms in total. The number of anilines is 2. The number of hydrogen-bond acceptors (Lipinski definition) is 5. The molecular formula is C21H23N5O2. The summed E-state index contributed by atoms with van der Waals surface area (Å²) in [5.74, 6) is 1.60. The van der Waals surface area contributed by atoms with Gasteiger partial charge in [0.15, 0.2) is 0 Å². The van der Waals surface area contributed by atoms with Crippen LogP contribution in [0.15, 0.2) is 54.6 Å². The molecule has 0 saturated carbocycles. The van der Waals surface area contributed by atoms with Gasteiger partial charge in [0.05, 0.1) is 0 Å². The van der Waals surface area contributed by atoms with E-state index in [0.717, 1.165) is 37.2 Å². The molecule has 7 heteroatoms. The number of nitrogens with one attached hydrogen (secondary N) is 2. The fraction of sp³-hybridized carbons (Fsp3) is 0.286. The van der Waals surface area contributed by atoms with Crippen molar-refractivity contribution in [2.75, 3.05) is 23.3 Å². The Morgan fingerprint density at radius 2 is 1.79 bits per heavy atom. The Morgan fingerprint density at radius 3 is 2.54 bits per heavy atom. The molecular weight excluding hydrogens is 354 g/mol. The number of benzene rings is 2. The van der Waals surface area contributed by atoms with Gasteiger partial charge in [-0.1, -0.05) is 30.3 Å². The van der Waals surface area contributed by atoms with Crippen molar-refractivity contribution in [3.63, 3.8) is 0 Å². The van der Waals surface area contributed by atoms with Crippen LogP contribution in [0.1, 0.15) is 35.2 Å². The van der Waals surface area contributed by atoms with Gasteiger partial charge >= 0.3 is 0 Å². The normalized spacial score (nSPS) is 13.9. The highest BCUT2D eigenvalue weighted by atomic mass is 16.5. The minimum atomic E-state index is -0.225. The molecule has 1 saturated heterocycles. The summed E-state index contributed by atoms with van der Waals surface area (Å²) in [5, 5.41) is 9.78. The van der Waals surface area contributed by atoms with Gasteiger partial charge in [0.2, 0.25) is 11.9 Å². The van der Waals surface area contributed by atoms with Crippen LogP contribution in [-0.4, -0.2) is 34.2 Å². The fourth-order valence-corrected chi connectivity index (χ4v) is 3.16. The van der Waals surface area contributed by atoms with Crippen LogP contribution in [0.5, 0.6) is 5.75 Å². The van der Waals surface area contributed by atoms with E-state index in [1.165, 1.54) is 6.42 Å². The van der Waals surface area contributed by atoms with Crippen molar-refractivity contribution < 1.29 is 9.53 Å². The average molecular weight is 377 g/mol. The van der Waals surface area contributed by atoms with E-state index in [0.29, 0.717) is 24.1 Å². The standard InChI is InChI=1S/C21H23N5O2/c27-19(22-20-23-21(25-24-20)26-13-5-2-6-14-26)17-11-9-16(10-12-17)15-28-18-7-3-1-4-8-18/h1,3-4,7-12H,2,5-6,13-15H2,(H2,22,23,24,25,27). The Hall–Kier alpha value is -3.35. The molecule has 3 aromatic rings. The minimum Gasteiger partial charge on any atom is -0.489 e. The smallest absolute Gasteiger partial charge is 0.258 e. The molecule has 1 aromatic heterocycles. The second kappa shape index (κ2) is 8.56. The molecule has 0 aliphatic carbocycles. The van der Waals surface area contributed by atoms with E-state index >= 15 is 0 Å². The largest absolute Gasteiger partial charge is 0.489 e. The molecule has 2 N–H and O–H groups in total.